The number of nitrogens with zero attached hydrogens (tertiary/aromatic N) is 2. The molecule has 0 fully saturated rings. The molecule has 5 rings (SSSR count). The van der Waals surface area contributed by atoms with Crippen molar-refractivity contribution in [2.24, 2.45) is 0 Å². The van der Waals surface area contributed by atoms with E-state index in [0.717, 1.165) is 36.6 Å². The lowest BCUT2D eigenvalue weighted by Gasteiger charge is -2.51. The molecule has 0 aromatic heterocycles. The molecule has 1 unspecified atom stereocenters. The highest BCUT2D eigenvalue weighted by molar-refractivity contribution is 6.30. The third-order valence-electron chi connectivity index (χ3n) is 7.43. The summed E-state index contributed by atoms with van der Waals surface area (Å²) in [4.78, 5) is 18.2. The van der Waals surface area contributed by atoms with Crippen LogP contribution in [0.4, 0.5) is 5.69 Å². The Morgan fingerprint density at radius 3 is 2.33 bits per heavy atom. The van der Waals surface area contributed by atoms with Gasteiger partial charge in [0.25, 0.3) is 0 Å². The van der Waals surface area contributed by atoms with Crippen LogP contribution >= 0.6 is 11.6 Å². The Morgan fingerprint density at radius 1 is 0.909 bits per heavy atom. The lowest BCUT2D eigenvalue weighted by atomic mass is 9.65. The quantitative estimate of drug-likeness (QED) is 0.465. The summed E-state index contributed by atoms with van der Waals surface area (Å²) in [6, 6.07) is 25.2. The van der Waals surface area contributed by atoms with E-state index in [4.69, 9.17) is 11.6 Å². The lowest BCUT2D eigenvalue weighted by Crippen LogP contribution is -2.58. The predicted molar refractivity (Wildman–Crippen MR) is 136 cm³/mol. The van der Waals surface area contributed by atoms with Crippen LogP contribution in [-0.4, -0.2) is 29.4 Å². The standard InChI is InChI=1S/C29H31ClN2O/c1-28(2)20-29(3,23-12-14-24(30)15-13-23)25-10-6-7-11-26(25)32(28)27(33)19-31-17-16-21-8-4-5-9-22(21)18-31/h4-15H,16-20H2,1-3H3. The molecule has 3 aromatic rings. The largest absolute Gasteiger partial charge is 0.305 e. The number of rotatable bonds is 3. The van der Waals surface area contributed by atoms with Crippen LogP contribution in [0, 0.1) is 0 Å². The zero-order valence-corrected chi connectivity index (χ0v) is 20.4. The van der Waals surface area contributed by atoms with Crippen LogP contribution in [0.5, 0.6) is 0 Å². The van der Waals surface area contributed by atoms with E-state index in [1.807, 2.05) is 18.2 Å². The van der Waals surface area contributed by atoms with E-state index in [2.05, 4.69) is 85.2 Å². The number of amides is 1. The first-order chi connectivity index (χ1) is 15.8. The van der Waals surface area contributed by atoms with Gasteiger partial charge in [0.1, 0.15) is 0 Å². The fourth-order valence-electron chi connectivity index (χ4n) is 6.00. The van der Waals surface area contributed by atoms with Crippen LogP contribution in [-0.2, 0) is 23.2 Å². The second kappa shape index (κ2) is 8.30. The van der Waals surface area contributed by atoms with Crippen LogP contribution in [0.25, 0.3) is 0 Å². The van der Waals surface area contributed by atoms with E-state index >= 15 is 0 Å². The number of anilines is 1. The Bertz CT molecular complexity index is 1190. The maximum absolute atomic E-state index is 13.8. The van der Waals surface area contributed by atoms with Crippen molar-refractivity contribution in [3.8, 4) is 0 Å². The van der Waals surface area contributed by atoms with Crippen LogP contribution in [0.15, 0.2) is 72.8 Å². The van der Waals surface area contributed by atoms with Gasteiger partial charge in [-0.05, 0) is 67.1 Å². The van der Waals surface area contributed by atoms with Crippen molar-refractivity contribution >= 4 is 23.2 Å². The van der Waals surface area contributed by atoms with Crippen molar-refractivity contribution < 1.29 is 4.79 Å². The first kappa shape index (κ1) is 22.2. The molecule has 3 nitrogen and oxygen atoms in total. The summed E-state index contributed by atoms with van der Waals surface area (Å²) in [6.07, 6.45) is 1.84. The number of carbonyl (C=O) groups is 1. The smallest absolute Gasteiger partial charge is 0.241 e. The number of halogens is 1. The maximum atomic E-state index is 13.8. The Kier molecular flexibility index (Phi) is 5.58. The van der Waals surface area contributed by atoms with Gasteiger partial charge in [-0.3, -0.25) is 9.69 Å². The fourth-order valence-corrected chi connectivity index (χ4v) is 6.13. The average molecular weight is 459 g/mol. The summed E-state index contributed by atoms with van der Waals surface area (Å²) in [5.41, 5.74) is 5.66. The fraction of sp³-hybridized carbons (Fsp3) is 0.345. The number of para-hydroxylation sites is 1. The maximum Gasteiger partial charge on any atom is 0.241 e. The van der Waals surface area contributed by atoms with Crippen molar-refractivity contribution in [3.05, 3.63) is 100 Å². The van der Waals surface area contributed by atoms with Gasteiger partial charge in [-0.1, -0.05) is 73.1 Å². The molecule has 170 valence electrons. The Hall–Kier alpha value is -2.62. The average Bonchev–Trinajstić information content (AvgIpc) is 2.79. The molecule has 3 aromatic carbocycles. The zero-order valence-electron chi connectivity index (χ0n) is 19.6. The van der Waals surface area contributed by atoms with E-state index in [0.29, 0.717) is 6.54 Å². The summed E-state index contributed by atoms with van der Waals surface area (Å²) in [6.45, 7) is 8.87. The van der Waals surface area contributed by atoms with Crippen molar-refractivity contribution in [3.63, 3.8) is 0 Å². The normalized spacial score (nSPS) is 21.9. The SMILES string of the molecule is CC1(c2ccc(Cl)cc2)CC(C)(C)N(C(=O)CN2CCc3ccccc3C2)c2ccccc21. The second-order valence-corrected chi connectivity index (χ2v) is 10.7. The highest BCUT2D eigenvalue weighted by Gasteiger charge is 2.47. The minimum atomic E-state index is -0.326. The number of fused-ring (bicyclic) bond motifs is 2. The zero-order chi connectivity index (χ0) is 23.2. The van der Waals surface area contributed by atoms with Crippen LogP contribution < -0.4 is 4.90 Å². The lowest BCUT2D eigenvalue weighted by molar-refractivity contribution is -0.121. The van der Waals surface area contributed by atoms with Crippen LogP contribution in [0.2, 0.25) is 5.02 Å². The summed E-state index contributed by atoms with van der Waals surface area (Å²) in [5, 5.41) is 0.741. The van der Waals surface area contributed by atoms with Gasteiger partial charge < -0.3 is 4.90 Å². The minimum absolute atomic E-state index is 0.171. The van der Waals surface area contributed by atoms with Gasteiger partial charge in [0.05, 0.1) is 6.54 Å². The predicted octanol–water partition coefficient (Wildman–Crippen LogP) is 6.22. The Morgan fingerprint density at radius 2 is 1.58 bits per heavy atom. The number of hydrogen-bond donors (Lipinski definition) is 0. The first-order valence-corrected chi connectivity index (χ1v) is 12.1. The summed E-state index contributed by atoms with van der Waals surface area (Å²) in [7, 11) is 0. The highest BCUT2D eigenvalue weighted by Crippen LogP contribution is 2.50. The molecule has 0 aliphatic carbocycles. The molecule has 4 heteroatoms. The molecule has 1 amide bonds. The van der Waals surface area contributed by atoms with E-state index in [9.17, 15) is 4.79 Å². The molecule has 0 radical (unpaired) electrons. The molecular weight excluding hydrogens is 428 g/mol. The molecule has 0 spiro atoms. The molecule has 0 N–H and O–H groups in total. The number of benzene rings is 3. The summed E-state index contributed by atoms with van der Waals surface area (Å²) >= 11 is 6.18. The first-order valence-electron chi connectivity index (χ1n) is 11.8. The summed E-state index contributed by atoms with van der Waals surface area (Å²) in [5.74, 6) is 0.171. The van der Waals surface area contributed by atoms with Gasteiger partial charge in [0.2, 0.25) is 5.91 Å². The van der Waals surface area contributed by atoms with Crippen molar-refractivity contribution in [1.82, 2.24) is 4.90 Å². The van der Waals surface area contributed by atoms with E-state index in [1.54, 1.807) is 0 Å². The van der Waals surface area contributed by atoms with Crippen molar-refractivity contribution in [2.75, 3.05) is 18.0 Å². The molecule has 2 heterocycles. The number of carbonyl (C=O) groups excluding carboxylic acids is 1. The minimum Gasteiger partial charge on any atom is -0.305 e. The topological polar surface area (TPSA) is 23.6 Å². The molecule has 1 atom stereocenters. The molecule has 2 aliphatic rings. The molecule has 33 heavy (non-hydrogen) atoms. The van der Waals surface area contributed by atoms with Gasteiger partial charge in [0.15, 0.2) is 0 Å². The van der Waals surface area contributed by atoms with Gasteiger partial charge in [-0.2, -0.15) is 0 Å². The number of hydrogen-bond acceptors (Lipinski definition) is 2. The second-order valence-electron chi connectivity index (χ2n) is 10.3. The molecule has 0 saturated heterocycles. The van der Waals surface area contributed by atoms with Gasteiger partial charge in [-0.15, -0.1) is 0 Å². The van der Waals surface area contributed by atoms with Crippen molar-refractivity contribution in [2.45, 2.75) is 51.1 Å². The van der Waals surface area contributed by atoms with E-state index in [1.165, 1.54) is 22.3 Å². The third-order valence-corrected chi connectivity index (χ3v) is 7.68. The monoisotopic (exact) mass is 458 g/mol. The van der Waals surface area contributed by atoms with Gasteiger partial charge >= 0.3 is 0 Å². The van der Waals surface area contributed by atoms with Crippen LogP contribution in [0.3, 0.4) is 0 Å². The Balaban J connectivity index is 1.47. The molecule has 0 saturated carbocycles. The van der Waals surface area contributed by atoms with Crippen LogP contribution in [0.1, 0.15) is 49.4 Å². The highest BCUT2D eigenvalue weighted by atomic mass is 35.5. The van der Waals surface area contributed by atoms with Gasteiger partial charge in [0, 0.05) is 34.8 Å². The molecule has 2 aliphatic heterocycles. The van der Waals surface area contributed by atoms with Crippen molar-refractivity contribution in [1.29, 1.82) is 0 Å². The molecular formula is C29H31ClN2O. The summed E-state index contributed by atoms with van der Waals surface area (Å²) < 4.78 is 0. The van der Waals surface area contributed by atoms with Gasteiger partial charge in [-0.25, -0.2) is 0 Å². The third kappa shape index (κ3) is 3.98. The molecule has 0 bridgehead atoms. The van der Waals surface area contributed by atoms with E-state index in [-0.39, 0.29) is 16.9 Å². The van der Waals surface area contributed by atoms with E-state index < -0.39 is 0 Å². The Labute approximate surface area is 202 Å².